The van der Waals surface area contributed by atoms with E-state index in [-0.39, 0.29) is 0 Å². The Hall–Kier alpha value is -0.643. The van der Waals surface area contributed by atoms with E-state index in [2.05, 4.69) is 45.0 Å². The normalized spacial score (nSPS) is 11.4. The molecule has 0 spiro atoms. The Kier molecular flexibility index (Phi) is 14.9. The molecule has 1 aromatic rings. The SMILES string of the molecule is CCCCCCCCO[SiH](OCCCCCCCC)c1ccccc1C. The summed E-state index contributed by atoms with van der Waals surface area (Å²) in [6.07, 6.45) is 15.7. The van der Waals surface area contributed by atoms with Crippen LogP contribution in [0.15, 0.2) is 24.3 Å². The Labute approximate surface area is 164 Å². The Morgan fingerprint density at radius 3 is 1.62 bits per heavy atom. The molecule has 0 aliphatic heterocycles. The molecular formula is C23H42O2Si. The zero-order valence-corrected chi connectivity index (χ0v) is 18.8. The van der Waals surface area contributed by atoms with E-state index in [0.29, 0.717) is 0 Å². The second kappa shape index (κ2) is 16.5. The third-order valence-electron chi connectivity index (χ3n) is 4.98. The molecule has 2 nitrogen and oxygen atoms in total. The van der Waals surface area contributed by atoms with Gasteiger partial charge in [-0.05, 0) is 30.5 Å². The number of rotatable bonds is 17. The van der Waals surface area contributed by atoms with E-state index in [0.717, 1.165) is 13.2 Å². The zero-order chi connectivity index (χ0) is 18.9. The van der Waals surface area contributed by atoms with Crippen molar-refractivity contribution in [3.05, 3.63) is 29.8 Å². The summed E-state index contributed by atoms with van der Waals surface area (Å²) in [7, 11) is -1.76. The number of unbranched alkanes of at least 4 members (excludes halogenated alkanes) is 10. The molecule has 0 atom stereocenters. The summed E-state index contributed by atoms with van der Waals surface area (Å²) in [6.45, 7) is 8.42. The van der Waals surface area contributed by atoms with Crippen molar-refractivity contribution in [2.45, 2.75) is 97.8 Å². The molecule has 0 fully saturated rings. The van der Waals surface area contributed by atoms with E-state index in [1.807, 2.05) is 0 Å². The molecule has 0 radical (unpaired) electrons. The van der Waals surface area contributed by atoms with E-state index in [1.54, 1.807) is 0 Å². The van der Waals surface area contributed by atoms with E-state index in [9.17, 15) is 0 Å². The first kappa shape index (κ1) is 23.4. The summed E-state index contributed by atoms with van der Waals surface area (Å²) < 4.78 is 12.6. The summed E-state index contributed by atoms with van der Waals surface area (Å²) in [5.74, 6) is 0. The minimum atomic E-state index is -1.76. The molecule has 0 N–H and O–H groups in total. The molecule has 0 aliphatic carbocycles. The van der Waals surface area contributed by atoms with Gasteiger partial charge in [-0.25, -0.2) is 0 Å². The third-order valence-corrected chi connectivity index (χ3v) is 7.21. The molecular weight excluding hydrogens is 336 g/mol. The summed E-state index contributed by atoms with van der Waals surface area (Å²) in [4.78, 5) is 0. The lowest BCUT2D eigenvalue weighted by molar-refractivity contribution is 0.199. The predicted molar refractivity (Wildman–Crippen MR) is 117 cm³/mol. The lowest BCUT2D eigenvalue weighted by Gasteiger charge is -2.19. The van der Waals surface area contributed by atoms with Gasteiger partial charge < -0.3 is 8.85 Å². The first-order chi connectivity index (χ1) is 12.8. The maximum absolute atomic E-state index is 6.28. The molecule has 3 heteroatoms. The molecule has 1 aromatic carbocycles. The van der Waals surface area contributed by atoms with Crippen LogP contribution in [0, 0.1) is 6.92 Å². The maximum Gasteiger partial charge on any atom is 0.356 e. The maximum atomic E-state index is 6.28. The van der Waals surface area contributed by atoms with Gasteiger partial charge in [-0.1, -0.05) is 102 Å². The summed E-state index contributed by atoms with van der Waals surface area (Å²) in [5, 5.41) is 1.32. The van der Waals surface area contributed by atoms with Gasteiger partial charge in [-0.3, -0.25) is 0 Å². The van der Waals surface area contributed by atoms with Crippen LogP contribution >= 0.6 is 0 Å². The van der Waals surface area contributed by atoms with Crippen LogP contribution in [0.2, 0.25) is 0 Å². The number of benzene rings is 1. The van der Waals surface area contributed by atoms with Gasteiger partial charge in [-0.2, -0.15) is 0 Å². The van der Waals surface area contributed by atoms with Crippen molar-refractivity contribution in [2.24, 2.45) is 0 Å². The molecule has 0 saturated heterocycles. The Morgan fingerprint density at radius 1 is 0.654 bits per heavy atom. The largest absolute Gasteiger partial charge is 0.393 e. The van der Waals surface area contributed by atoms with Crippen LogP contribution in [0.3, 0.4) is 0 Å². The molecule has 150 valence electrons. The zero-order valence-electron chi connectivity index (χ0n) is 17.6. The van der Waals surface area contributed by atoms with Crippen LogP contribution in [0.1, 0.15) is 96.5 Å². The van der Waals surface area contributed by atoms with Gasteiger partial charge in [0.2, 0.25) is 0 Å². The fourth-order valence-corrected chi connectivity index (χ4v) is 5.18. The number of hydrogen-bond acceptors (Lipinski definition) is 2. The van der Waals surface area contributed by atoms with Crippen LogP contribution in [0.5, 0.6) is 0 Å². The predicted octanol–water partition coefficient (Wildman–Crippen LogP) is 6.18. The van der Waals surface area contributed by atoms with E-state index in [1.165, 1.54) is 87.8 Å². The minimum Gasteiger partial charge on any atom is -0.393 e. The van der Waals surface area contributed by atoms with Gasteiger partial charge in [-0.15, -0.1) is 0 Å². The topological polar surface area (TPSA) is 18.5 Å². The van der Waals surface area contributed by atoms with Crippen LogP contribution in [-0.2, 0) is 8.85 Å². The average molecular weight is 379 g/mol. The van der Waals surface area contributed by atoms with Crippen molar-refractivity contribution in [1.82, 2.24) is 0 Å². The van der Waals surface area contributed by atoms with E-state index in [4.69, 9.17) is 8.85 Å². The number of aryl methyl sites for hydroxylation is 1. The highest BCUT2D eigenvalue weighted by molar-refractivity contribution is 6.61. The monoisotopic (exact) mass is 378 g/mol. The van der Waals surface area contributed by atoms with Gasteiger partial charge in [0.1, 0.15) is 0 Å². The third kappa shape index (κ3) is 11.2. The van der Waals surface area contributed by atoms with Crippen molar-refractivity contribution in [3.63, 3.8) is 0 Å². The fourth-order valence-electron chi connectivity index (χ4n) is 3.22. The highest BCUT2D eigenvalue weighted by atomic mass is 28.3. The highest BCUT2D eigenvalue weighted by Crippen LogP contribution is 2.08. The summed E-state index contributed by atoms with van der Waals surface area (Å²) in [5.41, 5.74) is 1.31. The van der Waals surface area contributed by atoms with Crippen molar-refractivity contribution < 1.29 is 8.85 Å². The van der Waals surface area contributed by atoms with Crippen LogP contribution < -0.4 is 5.19 Å². The van der Waals surface area contributed by atoms with Crippen molar-refractivity contribution in [3.8, 4) is 0 Å². The fraction of sp³-hybridized carbons (Fsp3) is 0.739. The molecule has 0 saturated carbocycles. The van der Waals surface area contributed by atoms with Gasteiger partial charge in [0.15, 0.2) is 0 Å². The lowest BCUT2D eigenvalue weighted by atomic mass is 10.1. The van der Waals surface area contributed by atoms with Crippen LogP contribution in [-0.4, -0.2) is 22.5 Å². The molecule has 26 heavy (non-hydrogen) atoms. The van der Waals surface area contributed by atoms with Gasteiger partial charge in [0.25, 0.3) is 0 Å². The number of hydrogen-bond donors (Lipinski definition) is 0. The highest BCUT2D eigenvalue weighted by Gasteiger charge is 2.18. The van der Waals surface area contributed by atoms with E-state index < -0.39 is 9.28 Å². The standard InChI is InChI=1S/C23H42O2Si/c1-4-6-8-10-12-16-20-24-26(23-19-15-14-18-22(23)3)25-21-17-13-11-9-7-5-2/h14-15,18-19,26H,4-13,16-17,20-21H2,1-3H3. The van der Waals surface area contributed by atoms with Gasteiger partial charge in [0, 0.05) is 13.2 Å². The van der Waals surface area contributed by atoms with Crippen molar-refractivity contribution in [1.29, 1.82) is 0 Å². The summed E-state index contributed by atoms with van der Waals surface area (Å²) >= 11 is 0. The van der Waals surface area contributed by atoms with Crippen LogP contribution in [0.25, 0.3) is 0 Å². The summed E-state index contributed by atoms with van der Waals surface area (Å²) in [6, 6.07) is 8.60. The van der Waals surface area contributed by atoms with E-state index >= 15 is 0 Å². The average Bonchev–Trinajstić information content (AvgIpc) is 2.65. The van der Waals surface area contributed by atoms with Crippen molar-refractivity contribution >= 4 is 14.5 Å². The minimum absolute atomic E-state index is 0.855. The Bertz CT molecular complexity index is 418. The second-order valence-electron chi connectivity index (χ2n) is 7.47. The van der Waals surface area contributed by atoms with Crippen molar-refractivity contribution in [2.75, 3.05) is 13.2 Å². The van der Waals surface area contributed by atoms with Crippen LogP contribution in [0.4, 0.5) is 0 Å². The van der Waals surface area contributed by atoms with Gasteiger partial charge >= 0.3 is 9.28 Å². The molecule has 0 bridgehead atoms. The Morgan fingerprint density at radius 2 is 1.12 bits per heavy atom. The molecule has 0 aromatic heterocycles. The lowest BCUT2D eigenvalue weighted by Crippen LogP contribution is -2.39. The molecule has 1 rings (SSSR count). The second-order valence-corrected chi connectivity index (χ2v) is 9.42. The smallest absolute Gasteiger partial charge is 0.356 e. The molecule has 0 heterocycles. The molecule has 0 unspecified atom stereocenters. The molecule has 0 amide bonds. The first-order valence-corrected chi connectivity index (χ1v) is 12.6. The quantitative estimate of drug-likeness (QED) is 0.238. The molecule has 0 aliphatic rings. The van der Waals surface area contributed by atoms with Gasteiger partial charge in [0.05, 0.1) is 0 Å². The first-order valence-electron chi connectivity index (χ1n) is 11.1. The Balaban J connectivity index is 2.32.